The number of benzene rings is 2. The van der Waals surface area contributed by atoms with Gasteiger partial charge in [0.1, 0.15) is 11.9 Å². The van der Waals surface area contributed by atoms with E-state index in [1.165, 1.54) is 0 Å². The van der Waals surface area contributed by atoms with Crippen LogP contribution in [0.2, 0.25) is 10.0 Å². The summed E-state index contributed by atoms with van der Waals surface area (Å²) in [4.78, 5) is 27.6. The summed E-state index contributed by atoms with van der Waals surface area (Å²) >= 11 is 17.9. The average molecular weight is 468 g/mol. The Kier molecular flexibility index (Phi) is 8.43. The van der Waals surface area contributed by atoms with E-state index < -0.39 is 6.04 Å². The van der Waals surface area contributed by atoms with Crippen LogP contribution in [0.5, 0.6) is 0 Å². The number of amides is 2. The number of halogens is 3. The second kappa shape index (κ2) is 11.0. The molecule has 1 atom stereocenters. The van der Waals surface area contributed by atoms with Crippen LogP contribution < -0.4 is 5.32 Å². The maximum atomic E-state index is 13.3. The Bertz CT molecular complexity index is 850. The van der Waals surface area contributed by atoms with E-state index in [-0.39, 0.29) is 23.7 Å². The summed E-state index contributed by atoms with van der Waals surface area (Å²) in [5, 5.41) is 4.36. The molecule has 1 saturated carbocycles. The van der Waals surface area contributed by atoms with Gasteiger partial charge in [0.25, 0.3) is 0 Å². The summed E-state index contributed by atoms with van der Waals surface area (Å²) in [6.07, 6.45) is 4.73. The van der Waals surface area contributed by atoms with Gasteiger partial charge in [-0.1, -0.05) is 60.3 Å². The van der Waals surface area contributed by atoms with Gasteiger partial charge < -0.3 is 10.2 Å². The quantitative estimate of drug-likeness (QED) is 0.528. The van der Waals surface area contributed by atoms with Gasteiger partial charge in [-0.3, -0.25) is 9.59 Å². The minimum atomic E-state index is -0.763. The molecule has 0 unspecified atom stereocenters. The molecule has 1 fully saturated rings. The summed E-state index contributed by atoms with van der Waals surface area (Å²) < 4.78 is 0. The lowest BCUT2D eigenvalue weighted by Crippen LogP contribution is -2.47. The number of rotatable bonds is 8. The van der Waals surface area contributed by atoms with Crippen molar-refractivity contribution >= 4 is 46.6 Å². The average Bonchev–Trinajstić information content (AvgIpc) is 3.25. The Balaban J connectivity index is 1.86. The van der Waals surface area contributed by atoms with Gasteiger partial charge in [-0.05, 0) is 54.7 Å². The second-order valence-corrected chi connectivity index (χ2v) is 8.68. The summed E-state index contributed by atoms with van der Waals surface area (Å²) in [6, 6.07) is 13.9. The maximum Gasteiger partial charge on any atom is 0.247 e. The normalized spacial score (nSPS) is 15.0. The fourth-order valence-corrected chi connectivity index (χ4v) is 4.25. The summed E-state index contributed by atoms with van der Waals surface area (Å²) in [5.41, 5.74) is 1.74. The van der Waals surface area contributed by atoms with Gasteiger partial charge in [-0.15, -0.1) is 11.6 Å². The van der Waals surface area contributed by atoms with Crippen LogP contribution in [-0.4, -0.2) is 35.2 Å². The molecule has 0 saturated heterocycles. The minimum absolute atomic E-state index is 0.150. The molecule has 2 amide bonds. The predicted molar refractivity (Wildman–Crippen MR) is 122 cm³/mol. The Morgan fingerprint density at radius 1 is 0.967 bits per heavy atom. The molecule has 1 N–H and O–H groups in total. The molecular weight excluding hydrogens is 443 g/mol. The first-order valence-corrected chi connectivity index (χ1v) is 11.4. The second-order valence-electron chi connectivity index (χ2n) is 7.54. The molecular formula is C23H25Cl3N2O2. The Hall–Kier alpha value is -1.75. The van der Waals surface area contributed by atoms with Crippen LogP contribution in [0.4, 0.5) is 0 Å². The van der Waals surface area contributed by atoms with E-state index in [2.05, 4.69) is 5.32 Å². The van der Waals surface area contributed by atoms with Crippen LogP contribution >= 0.6 is 34.8 Å². The van der Waals surface area contributed by atoms with E-state index in [0.29, 0.717) is 28.6 Å². The lowest BCUT2D eigenvalue weighted by atomic mass is 10.0. The van der Waals surface area contributed by atoms with Crippen molar-refractivity contribution in [2.45, 2.75) is 44.2 Å². The number of nitrogens with one attached hydrogen (secondary N) is 1. The van der Waals surface area contributed by atoms with E-state index in [0.717, 1.165) is 31.2 Å². The number of carbonyl (C=O) groups is 2. The third-order valence-electron chi connectivity index (χ3n) is 5.44. The first kappa shape index (κ1) is 22.9. The molecule has 0 aromatic heterocycles. The van der Waals surface area contributed by atoms with Crippen LogP contribution in [0.1, 0.15) is 42.9 Å². The first-order valence-electron chi connectivity index (χ1n) is 10.1. The number of carbonyl (C=O) groups excluding carboxylic acids is 2. The highest BCUT2D eigenvalue weighted by atomic mass is 35.5. The Labute approximate surface area is 192 Å². The van der Waals surface area contributed by atoms with Crippen molar-refractivity contribution in [3.63, 3.8) is 0 Å². The van der Waals surface area contributed by atoms with Crippen molar-refractivity contribution in [1.82, 2.24) is 10.2 Å². The van der Waals surface area contributed by atoms with Crippen LogP contribution in [-0.2, 0) is 16.0 Å². The minimum Gasteiger partial charge on any atom is -0.351 e. The lowest BCUT2D eigenvalue weighted by Gasteiger charge is -2.32. The molecule has 0 spiro atoms. The van der Waals surface area contributed by atoms with Crippen molar-refractivity contribution < 1.29 is 9.59 Å². The van der Waals surface area contributed by atoms with Crippen molar-refractivity contribution in [3.8, 4) is 0 Å². The molecule has 3 rings (SSSR count). The summed E-state index contributed by atoms with van der Waals surface area (Å²) in [5.74, 6) is -0.660. The zero-order valence-corrected chi connectivity index (χ0v) is 18.9. The fraction of sp³-hybridized carbons (Fsp3) is 0.391. The molecule has 0 heterocycles. The van der Waals surface area contributed by atoms with Gasteiger partial charge in [0, 0.05) is 22.6 Å². The van der Waals surface area contributed by atoms with Gasteiger partial charge in [-0.25, -0.2) is 0 Å². The van der Waals surface area contributed by atoms with Crippen LogP contribution in [0.3, 0.4) is 0 Å². The number of hydrogen-bond acceptors (Lipinski definition) is 2. The van der Waals surface area contributed by atoms with Gasteiger partial charge in [0.2, 0.25) is 11.8 Å². The number of alkyl halides is 1. The molecule has 4 nitrogen and oxygen atoms in total. The fourth-order valence-electron chi connectivity index (χ4n) is 3.84. The molecule has 2 aromatic rings. The number of hydrogen-bond donors (Lipinski definition) is 1. The third-order valence-corrected chi connectivity index (χ3v) is 6.17. The lowest BCUT2D eigenvalue weighted by molar-refractivity contribution is -0.139. The van der Waals surface area contributed by atoms with Crippen LogP contribution in [0.15, 0.2) is 48.5 Å². The van der Waals surface area contributed by atoms with Gasteiger partial charge >= 0.3 is 0 Å². The summed E-state index contributed by atoms with van der Waals surface area (Å²) in [7, 11) is 0. The van der Waals surface area contributed by atoms with E-state index >= 15 is 0 Å². The zero-order chi connectivity index (χ0) is 21.5. The highest BCUT2D eigenvalue weighted by Crippen LogP contribution is 2.26. The highest BCUT2D eigenvalue weighted by molar-refractivity contribution is 6.30. The van der Waals surface area contributed by atoms with E-state index in [1.54, 1.807) is 29.2 Å². The molecule has 0 radical (unpaired) electrons. The first-order chi connectivity index (χ1) is 14.5. The van der Waals surface area contributed by atoms with Crippen molar-refractivity contribution in [3.05, 3.63) is 69.7 Å². The van der Waals surface area contributed by atoms with E-state index in [9.17, 15) is 9.59 Å². The van der Waals surface area contributed by atoms with Gasteiger partial charge in [-0.2, -0.15) is 0 Å². The molecule has 160 valence electrons. The Morgan fingerprint density at radius 2 is 1.53 bits per heavy atom. The molecule has 7 heteroatoms. The number of nitrogens with zero attached hydrogens (tertiary/aromatic N) is 1. The summed E-state index contributed by atoms with van der Waals surface area (Å²) in [6.45, 7) is 0.360. The largest absolute Gasteiger partial charge is 0.351 e. The zero-order valence-electron chi connectivity index (χ0n) is 16.6. The monoisotopic (exact) mass is 466 g/mol. The molecule has 2 aromatic carbocycles. The van der Waals surface area contributed by atoms with Crippen LogP contribution in [0.25, 0.3) is 0 Å². The standard InChI is InChI=1S/C23H25Cl3N2O2/c24-15-21(29)28(14-13-16-5-9-18(25)10-6-16)22(17-7-11-19(26)12-8-17)23(30)27-20-3-1-2-4-20/h5-12,20,22H,1-4,13-15H2,(H,27,30)/t22-/m0/s1. The molecule has 1 aliphatic rings. The van der Waals surface area contributed by atoms with E-state index in [1.807, 2.05) is 24.3 Å². The van der Waals surface area contributed by atoms with Gasteiger partial charge in [0.15, 0.2) is 0 Å². The van der Waals surface area contributed by atoms with Crippen molar-refractivity contribution in [2.75, 3.05) is 12.4 Å². The molecule has 0 bridgehead atoms. The maximum absolute atomic E-state index is 13.3. The van der Waals surface area contributed by atoms with Crippen LogP contribution in [0, 0.1) is 0 Å². The third kappa shape index (κ3) is 6.13. The molecule has 30 heavy (non-hydrogen) atoms. The molecule has 1 aliphatic carbocycles. The van der Waals surface area contributed by atoms with Crippen molar-refractivity contribution in [1.29, 1.82) is 0 Å². The smallest absolute Gasteiger partial charge is 0.247 e. The Morgan fingerprint density at radius 3 is 2.10 bits per heavy atom. The predicted octanol–water partition coefficient (Wildman–Crippen LogP) is 5.40. The van der Waals surface area contributed by atoms with Gasteiger partial charge in [0.05, 0.1) is 0 Å². The topological polar surface area (TPSA) is 49.4 Å². The van der Waals surface area contributed by atoms with Crippen molar-refractivity contribution in [2.24, 2.45) is 0 Å². The highest BCUT2D eigenvalue weighted by Gasteiger charge is 2.32. The molecule has 0 aliphatic heterocycles. The van der Waals surface area contributed by atoms with E-state index in [4.69, 9.17) is 34.8 Å². The SMILES string of the molecule is O=C(NC1CCCC1)[C@H](c1ccc(Cl)cc1)N(CCc1ccc(Cl)cc1)C(=O)CCl.